The van der Waals surface area contributed by atoms with Gasteiger partial charge in [0, 0.05) is 0 Å². The number of carbonyl (C=O) groups excluding carboxylic acids is 2. The molecule has 2 rings (SSSR count). The van der Waals surface area contributed by atoms with E-state index in [0.717, 1.165) is 13.2 Å². The summed E-state index contributed by atoms with van der Waals surface area (Å²) in [4.78, 5) is 26.8. The number of nitrogens with one attached hydrogen (secondary N) is 1. The molecule has 1 aromatic carbocycles. The molecule has 1 heterocycles. The first-order valence-electron chi connectivity index (χ1n) is 6.60. The number of aryl methyl sites for hydroxylation is 2. The van der Waals surface area contributed by atoms with Gasteiger partial charge in [0.2, 0.25) is 0 Å². The quantitative estimate of drug-likeness (QED) is 0.820. The van der Waals surface area contributed by atoms with Crippen LogP contribution in [0.3, 0.4) is 0 Å². The first kappa shape index (κ1) is 17.5. The number of methoxy groups -OCH3 is 1. The van der Waals surface area contributed by atoms with Crippen molar-refractivity contribution in [3.8, 4) is 6.08 Å². The maximum atomic E-state index is 12.3. The number of benzene rings is 1. The van der Waals surface area contributed by atoms with E-state index >= 15 is 0 Å². The molecular formula is C14H14N2O7S. The van der Waals surface area contributed by atoms with Crippen LogP contribution in [0.5, 0.6) is 6.08 Å². The zero-order valence-electron chi connectivity index (χ0n) is 13.0. The summed E-state index contributed by atoms with van der Waals surface area (Å²) in [6.45, 7) is 3.24. The highest BCUT2D eigenvalue weighted by Gasteiger charge is 2.26. The maximum absolute atomic E-state index is 12.3. The second-order valence-electron chi connectivity index (χ2n) is 4.60. The second kappa shape index (κ2) is 6.71. The van der Waals surface area contributed by atoms with Crippen molar-refractivity contribution in [2.24, 2.45) is 0 Å². The average molecular weight is 354 g/mol. The van der Waals surface area contributed by atoms with Gasteiger partial charge in [0.25, 0.3) is 10.0 Å². The first-order valence-corrected chi connectivity index (χ1v) is 8.09. The number of ether oxygens (including phenoxy) is 2. The molecule has 0 unspecified atom stereocenters. The van der Waals surface area contributed by atoms with E-state index in [2.05, 4.69) is 14.5 Å². The van der Waals surface area contributed by atoms with Gasteiger partial charge in [-0.3, -0.25) is 0 Å². The Hall–Kier alpha value is -2.88. The average Bonchev–Trinajstić information content (AvgIpc) is 2.83. The normalized spacial score (nSPS) is 11.0. The lowest BCUT2D eigenvalue weighted by molar-refractivity contribution is 0.0596. The molecule has 128 valence electrons. The monoisotopic (exact) mass is 354 g/mol. The molecular weight excluding hydrogens is 340 g/mol. The van der Waals surface area contributed by atoms with Crippen LogP contribution in [0, 0.1) is 13.8 Å². The van der Waals surface area contributed by atoms with Gasteiger partial charge in [0.15, 0.2) is 0 Å². The van der Waals surface area contributed by atoms with Gasteiger partial charge in [-0.25, -0.2) is 22.7 Å². The minimum Gasteiger partial charge on any atom is -0.465 e. The fourth-order valence-electron chi connectivity index (χ4n) is 1.73. The number of carbonyl (C=O) groups is 2. The Bertz CT molecular complexity index is 867. The van der Waals surface area contributed by atoms with Crippen molar-refractivity contribution >= 4 is 22.1 Å². The van der Waals surface area contributed by atoms with Crippen molar-refractivity contribution < 1.29 is 31.9 Å². The van der Waals surface area contributed by atoms with E-state index in [-0.39, 0.29) is 11.6 Å². The van der Waals surface area contributed by atoms with Crippen molar-refractivity contribution in [2.45, 2.75) is 18.7 Å². The van der Waals surface area contributed by atoms with Crippen LogP contribution in [0.15, 0.2) is 33.6 Å². The number of hydrogen-bond donors (Lipinski definition) is 1. The van der Waals surface area contributed by atoms with Crippen LogP contribution >= 0.6 is 0 Å². The minimum absolute atomic E-state index is 0.219. The number of hydrogen-bond acceptors (Lipinski definition) is 8. The molecule has 2 aromatic rings. The van der Waals surface area contributed by atoms with E-state index in [0.29, 0.717) is 11.5 Å². The molecule has 1 N–H and O–H groups in total. The highest BCUT2D eigenvalue weighted by Crippen LogP contribution is 2.18. The number of sulfonamides is 1. The number of esters is 1. The highest BCUT2D eigenvalue weighted by atomic mass is 32.2. The zero-order valence-corrected chi connectivity index (χ0v) is 13.8. The molecule has 9 nitrogen and oxygen atoms in total. The van der Waals surface area contributed by atoms with Gasteiger partial charge >= 0.3 is 18.1 Å². The van der Waals surface area contributed by atoms with E-state index in [1.165, 1.54) is 18.2 Å². The molecule has 1 aromatic heterocycles. The summed E-state index contributed by atoms with van der Waals surface area (Å²) in [6.07, 6.45) is -1.71. The van der Waals surface area contributed by atoms with Gasteiger partial charge in [-0.15, -0.1) is 0 Å². The van der Waals surface area contributed by atoms with Crippen LogP contribution in [0.1, 0.15) is 21.8 Å². The van der Waals surface area contributed by atoms with Crippen molar-refractivity contribution in [2.75, 3.05) is 7.11 Å². The summed E-state index contributed by atoms with van der Waals surface area (Å²) in [5.74, 6) is -0.431. The third-order valence-corrected chi connectivity index (χ3v) is 4.36. The van der Waals surface area contributed by atoms with E-state index < -0.39 is 27.0 Å². The zero-order chi connectivity index (χ0) is 17.9. The number of amides is 1. The Morgan fingerprint density at radius 2 is 1.88 bits per heavy atom. The standard InChI is InChI=1S/C14H14N2O7S/c1-8-9(2)22-14(15-8)23-13(18)16-24(19,20)11-7-5-4-6-10(11)12(17)21-3/h4-7H,1-3H3,(H,16,18). The van der Waals surface area contributed by atoms with Crippen LogP contribution < -0.4 is 9.46 Å². The molecule has 0 spiro atoms. The Labute approximate surface area is 137 Å². The molecule has 0 saturated carbocycles. The van der Waals surface area contributed by atoms with Gasteiger partial charge < -0.3 is 13.9 Å². The largest absolute Gasteiger partial charge is 0.465 e. The molecule has 0 aliphatic carbocycles. The van der Waals surface area contributed by atoms with Crippen LogP contribution in [0.25, 0.3) is 0 Å². The predicted octanol–water partition coefficient (Wildman–Crippen LogP) is 1.56. The van der Waals surface area contributed by atoms with Crippen LogP contribution in [0.2, 0.25) is 0 Å². The van der Waals surface area contributed by atoms with Crippen LogP contribution in [0.4, 0.5) is 4.79 Å². The summed E-state index contributed by atoms with van der Waals surface area (Å²) < 4.78 is 40.4. The van der Waals surface area contributed by atoms with Gasteiger partial charge in [-0.05, 0) is 26.0 Å². The molecule has 0 atom stereocenters. The third kappa shape index (κ3) is 3.71. The molecule has 0 fully saturated rings. The van der Waals surface area contributed by atoms with Crippen molar-refractivity contribution in [3.05, 3.63) is 41.3 Å². The molecule has 0 aliphatic rings. The van der Waals surface area contributed by atoms with Crippen LogP contribution in [-0.2, 0) is 14.8 Å². The summed E-state index contributed by atoms with van der Waals surface area (Å²) in [5.41, 5.74) is 0.278. The first-order chi connectivity index (χ1) is 11.2. The van der Waals surface area contributed by atoms with Crippen molar-refractivity contribution in [1.82, 2.24) is 9.71 Å². The molecule has 0 bridgehead atoms. The number of rotatable bonds is 4. The lowest BCUT2D eigenvalue weighted by Crippen LogP contribution is -2.34. The molecule has 0 saturated heterocycles. The van der Waals surface area contributed by atoms with Crippen molar-refractivity contribution in [3.63, 3.8) is 0 Å². The van der Waals surface area contributed by atoms with Gasteiger partial charge in [-0.1, -0.05) is 12.1 Å². The lowest BCUT2D eigenvalue weighted by atomic mass is 10.2. The van der Waals surface area contributed by atoms with E-state index in [1.54, 1.807) is 18.6 Å². The maximum Gasteiger partial charge on any atom is 0.430 e. The molecule has 0 radical (unpaired) electrons. The fourth-order valence-corrected chi connectivity index (χ4v) is 2.80. The second-order valence-corrected chi connectivity index (χ2v) is 6.25. The molecule has 24 heavy (non-hydrogen) atoms. The van der Waals surface area contributed by atoms with Gasteiger partial charge in [-0.2, -0.15) is 4.98 Å². The summed E-state index contributed by atoms with van der Waals surface area (Å²) in [6, 6.07) is 5.27. The smallest absolute Gasteiger partial charge is 0.430 e. The lowest BCUT2D eigenvalue weighted by Gasteiger charge is -2.09. The third-order valence-electron chi connectivity index (χ3n) is 2.99. The number of oxazole rings is 1. The topological polar surface area (TPSA) is 125 Å². The SMILES string of the molecule is COC(=O)c1ccccc1S(=O)(=O)NC(=O)Oc1nc(C)c(C)o1. The summed E-state index contributed by atoms with van der Waals surface area (Å²) in [7, 11) is -3.25. The highest BCUT2D eigenvalue weighted by molar-refractivity contribution is 7.90. The molecule has 1 amide bonds. The number of nitrogens with zero attached hydrogens (tertiary/aromatic N) is 1. The Balaban J connectivity index is 2.22. The van der Waals surface area contributed by atoms with Crippen LogP contribution in [-0.4, -0.2) is 32.6 Å². The van der Waals surface area contributed by atoms with Gasteiger partial charge in [0.1, 0.15) is 10.7 Å². The van der Waals surface area contributed by atoms with Gasteiger partial charge in [0.05, 0.1) is 18.4 Å². The summed E-state index contributed by atoms with van der Waals surface area (Å²) in [5, 5.41) is 0. The van der Waals surface area contributed by atoms with E-state index in [1.807, 2.05) is 0 Å². The summed E-state index contributed by atoms with van der Waals surface area (Å²) >= 11 is 0. The van der Waals surface area contributed by atoms with E-state index in [9.17, 15) is 18.0 Å². The Kier molecular flexibility index (Phi) is 4.88. The molecule has 0 aliphatic heterocycles. The minimum atomic E-state index is -4.36. The fraction of sp³-hybridized carbons (Fsp3) is 0.214. The Morgan fingerprint density at radius 1 is 1.21 bits per heavy atom. The van der Waals surface area contributed by atoms with Crippen molar-refractivity contribution in [1.29, 1.82) is 0 Å². The van der Waals surface area contributed by atoms with E-state index in [4.69, 9.17) is 4.42 Å². The Morgan fingerprint density at radius 3 is 2.46 bits per heavy atom. The number of aromatic nitrogens is 1. The predicted molar refractivity (Wildman–Crippen MR) is 80.1 cm³/mol. The molecule has 10 heteroatoms.